The van der Waals surface area contributed by atoms with Gasteiger partial charge in [0, 0.05) is 24.1 Å². The first-order valence-corrected chi connectivity index (χ1v) is 8.47. The molecule has 0 aliphatic heterocycles. The molecule has 1 heterocycles. The largest absolute Gasteiger partial charge is 0.324 e. The number of hydrogen-bond acceptors (Lipinski definition) is 2. The Balaban J connectivity index is 2.45. The molecule has 4 heteroatoms. The molecule has 0 bridgehead atoms. The first-order valence-electron chi connectivity index (χ1n) is 6.78. The lowest BCUT2D eigenvalue weighted by atomic mass is 10.2. The zero-order valence-electron chi connectivity index (χ0n) is 11.8. The molecule has 104 valence electrons. The maximum atomic E-state index is 5.92. The van der Waals surface area contributed by atoms with Crippen LogP contribution in [0.1, 0.15) is 31.3 Å². The third-order valence-electron chi connectivity index (χ3n) is 3.24. The number of benzene rings is 1. The van der Waals surface area contributed by atoms with Gasteiger partial charge in [-0.15, -0.1) is 11.6 Å². The van der Waals surface area contributed by atoms with E-state index in [4.69, 9.17) is 16.6 Å². The van der Waals surface area contributed by atoms with Crippen LogP contribution < -0.4 is 0 Å². The first-order chi connectivity index (χ1) is 9.17. The smallest absolute Gasteiger partial charge is 0.111 e. The molecule has 0 saturated heterocycles. The molecule has 1 aromatic heterocycles. The first kappa shape index (κ1) is 14.7. The van der Waals surface area contributed by atoms with Crippen LogP contribution in [0.3, 0.4) is 0 Å². The Labute approximate surface area is 124 Å². The molecule has 0 aliphatic rings. The van der Waals surface area contributed by atoms with Crippen LogP contribution in [-0.2, 0) is 6.42 Å². The molecule has 0 spiro atoms. The normalized spacial score (nSPS) is 13.1. The molecule has 0 aliphatic carbocycles. The van der Waals surface area contributed by atoms with E-state index in [0.717, 1.165) is 29.3 Å². The number of imidazole rings is 1. The molecule has 1 unspecified atom stereocenters. The zero-order chi connectivity index (χ0) is 13.8. The Morgan fingerprint density at radius 2 is 2.21 bits per heavy atom. The zero-order valence-corrected chi connectivity index (χ0v) is 13.4. The van der Waals surface area contributed by atoms with E-state index in [1.54, 1.807) is 0 Å². The Morgan fingerprint density at radius 1 is 1.42 bits per heavy atom. The SMILES string of the molecule is CCSCC(C)n1c(CCCl)nc2cc(C)ccc21. The van der Waals surface area contributed by atoms with E-state index in [0.29, 0.717) is 11.9 Å². The van der Waals surface area contributed by atoms with Gasteiger partial charge < -0.3 is 4.57 Å². The minimum absolute atomic E-state index is 0.455. The van der Waals surface area contributed by atoms with Gasteiger partial charge in [-0.25, -0.2) is 4.98 Å². The fourth-order valence-corrected chi connectivity index (χ4v) is 3.27. The summed E-state index contributed by atoms with van der Waals surface area (Å²) < 4.78 is 2.36. The summed E-state index contributed by atoms with van der Waals surface area (Å²) in [4.78, 5) is 4.76. The highest BCUT2D eigenvalue weighted by atomic mass is 35.5. The van der Waals surface area contributed by atoms with Gasteiger partial charge in [0.15, 0.2) is 0 Å². The highest BCUT2D eigenvalue weighted by Gasteiger charge is 2.15. The van der Waals surface area contributed by atoms with Crippen molar-refractivity contribution in [3.05, 3.63) is 29.6 Å². The van der Waals surface area contributed by atoms with E-state index in [2.05, 4.69) is 43.5 Å². The molecule has 19 heavy (non-hydrogen) atoms. The number of fused-ring (bicyclic) bond motifs is 1. The van der Waals surface area contributed by atoms with Gasteiger partial charge in [0.1, 0.15) is 5.82 Å². The highest BCUT2D eigenvalue weighted by molar-refractivity contribution is 7.99. The third-order valence-corrected chi connectivity index (χ3v) is 4.56. The van der Waals surface area contributed by atoms with Gasteiger partial charge in [-0.05, 0) is 37.3 Å². The maximum absolute atomic E-state index is 5.92. The summed E-state index contributed by atoms with van der Waals surface area (Å²) in [6.07, 6.45) is 0.830. The van der Waals surface area contributed by atoms with E-state index in [-0.39, 0.29) is 0 Å². The summed E-state index contributed by atoms with van der Waals surface area (Å²) in [5, 5.41) is 0. The monoisotopic (exact) mass is 296 g/mol. The molecule has 2 nitrogen and oxygen atoms in total. The number of halogens is 1. The van der Waals surface area contributed by atoms with Crippen LogP contribution in [0.25, 0.3) is 11.0 Å². The lowest BCUT2D eigenvalue weighted by Crippen LogP contribution is -2.12. The predicted octanol–water partition coefficient (Wildman–Crippen LogP) is 4.44. The molecular weight excluding hydrogens is 276 g/mol. The third kappa shape index (κ3) is 3.26. The standard InChI is InChI=1S/C15H21ClN2S/c1-4-19-10-12(3)18-14-6-5-11(2)9-13(14)17-15(18)7-8-16/h5-6,9,12H,4,7-8,10H2,1-3H3. The molecule has 1 aromatic carbocycles. The Kier molecular flexibility index (Phi) is 5.17. The van der Waals surface area contributed by atoms with E-state index < -0.39 is 0 Å². The van der Waals surface area contributed by atoms with Gasteiger partial charge in [0.25, 0.3) is 0 Å². The molecule has 0 radical (unpaired) electrons. The fraction of sp³-hybridized carbons (Fsp3) is 0.533. The average Bonchev–Trinajstić information content (AvgIpc) is 2.73. The highest BCUT2D eigenvalue weighted by Crippen LogP contribution is 2.25. The van der Waals surface area contributed by atoms with Crippen molar-refractivity contribution in [3.63, 3.8) is 0 Å². The van der Waals surface area contributed by atoms with Gasteiger partial charge >= 0.3 is 0 Å². The summed E-state index contributed by atoms with van der Waals surface area (Å²) in [6, 6.07) is 6.95. The summed E-state index contributed by atoms with van der Waals surface area (Å²) in [5.41, 5.74) is 3.58. The topological polar surface area (TPSA) is 17.8 Å². The lowest BCUT2D eigenvalue weighted by molar-refractivity contribution is 0.597. The Morgan fingerprint density at radius 3 is 2.89 bits per heavy atom. The van der Waals surface area contributed by atoms with Crippen molar-refractivity contribution in [3.8, 4) is 0 Å². The van der Waals surface area contributed by atoms with Gasteiger partial charge in [-0.2, -0.15) is 11.8 Å². The average molecular weight is 297 g/mol. The van der Waals surface area contributed by atoms with Crippen molar-refractivity contribution in [1.82, 2.24) is 9.55 Å². The van der Waals surface area contributed by atoms with Crippen LogP contribution in [0.4, 0.5) is 0 Å². The summed E-state index contributed by atoms with van der Waals surface area (Å²) >= 11 is 7.89. The second-order valence-electron chi connectivity index (χ2n) is 4.84. The predicted molar refractivity (Wildman–Crippen MR) is 86.6 cm³/mol. The van der Waals surface area contributed by atoms with Gasteiger partial charge in [-0.1, -0.05) is 13.0 Å². The molecule has 2 rings (SSSR count). The van der Waals surface area contributed by atoms with Crippen LogP contribution in [0.15, 0.2) is 18.2 Å². The summed E-state index contributed by atoms with van der Waals surface area (Å²) in [6.45, 7) is 6.57. The minimum atomic E-state index is 0.455. The number of aromatic nitrogens is 2. The molecule has 1 atom stereocenters. The fourth-order valence-electron chi connectivity index (χ4n) is 2.37. The van der Waals surface area contributed by atoms with Crippen molar-refractivity contribution in [2.45, 2.75) is 33.2 Å². The number of thioether (sulfide) groups is 1. The van der Waals surface area contributed by atoms with Crippen LogP contribution in [0.5, 0.6) is 0 Å². The van der Waals surface area contributed by atoms with E-state index in [1.165, 1.54) is 11.1 Å². The number of aryl methyl sites for hydroxylation is 2. The number of hydrogen-bond donors (Lipinski definition) is 0. The van der Waals surface area contributed by atoms with Crippen molar-refractivity contribution in [2.75, 3.05) is 17.4 Å². The van der Waals surface area contributed by atoms with E-state index in [1.807, 2.05) is 11.8 Å². The van der Waals surface area contributed by atoms with Crippen LogP contribution in [0, 0.1) is 6.92 Å². The van der Waals surface area contributed by atoms with E-state index in [9.17, 15) is 0 Å². The van der Waals surface area contributed by atoms with E-state index >= 15 is 0 Å². The van der Waals surface area contributed by atoms with Gasteiger partial charge in [-0.3, -0.25) is 0 Å². The van der Waals surface area contributed by atoms with Gasteiger partial charge in [0.05, 0.1) is 11.0 Å². The van der Waals surface area contributed by atoms with Crippen molar-refractivity contribution in [2.24, 2.45) is 0 Å². The second-order valence-corrected chi connectivity index (χ2v) is 6.53. The van der Waals surface area contributed by atoms with Crippen LogP contribution >= 0.6 is 23.4 Å². The number of nitrogens with zero attached hydrogens (tertiary/aromatic N) is 2. The molecule has 2 aromatic rings. The minimum Gasteiger partial charge on any atom is -0.324 e. The summed E-state index contributed by atoms with van der Waals surface area (Å²) in [7, 11) is 0. The Bertz CT molecular complexity index is 550. The van der Waals surface area contributed by atoms with Crippen LogP contribution in [0.2, 0.25) is 0 Å². The molecule has 0 fully saturated rings. The van der Waals surface area contributed by atoms with Crippen molar-refractivity contribution >= 4 is 34.4 Å². The molecule has 0 amide bonds. The van der Waals surface area contributed by atoms with Crippen molar-refractivity contribution < 1.29 is 0 Å². The Hall–Kier alpha value is -0.670. The lowest BCUT2D eigenvalue weighted by Gasteiger charge is -2.17. The maximum Gasteiger partial charge on any atom is 0.111 e. The number of rotatable bonds is 6. The second kappa shape index (κ2) is 6.67. The molecule has 0 saturated carbocycles. The van der Waals surface area contributed by atoms with Crippen LogP contribution in [-0.4, -0.2) is 26.9 Å². The quantitative estimate of drug-likeness (QED) is 0.733. The number of alkyl halides is 1. The molecule has 0 N–H and O–H groups in total. The van der Waals surface area contributed by atoms with Gasteiger partial charge in [0.2, 0.25) is 0 Å². The summed E-state index contributed by atoms with van der Waals surface area (Å²) in [5.74, 6) is 4.00. The molecular formula is C15H21ClN2S. The van der Waals surface area contributed by atoms with Crippen molar-refractivity contribution in [1.29, 1.82) is 0 Å².